The van der Waals surface area contributed by atoms with E-state index in [-0.39, 0.29) is 6.03 Å². The van der Waals surface area contributed by atoms with Crippen molar-refractivity contribution in [3.8, 4) is 0 Å². The Hall–Kier alpha value is -0.990. The van der Waals surface area contributed by atoms with E-state index in [0.29, 0.717) is 6.54 Å². The molecule has 0 bridgehead atoms. The van der Waals surface area contributed by atoms with E-state index in [9.17, 15) is 4.79 Å². The van der Waals surface area contributed by atoms with Crippen LogP contribution in [-0.2, 0) is 0 Å². The number of rotatable bonds is 2. The standard InChI is InChI=1S/C8H16N2O/c1-5-7(2)6-10(4)8(11)9-3/h5H,6H2,1-4H3,(H,9,11)/b7-5-. The quantitative estimate of drug-likeness (QED) is 0.599. The van der Waals surface area contributed by atoms with Crippen molar-refractivity contribution in [3.63, 3.8) is 0 Å². The molecule has 0 aromatic heterocycles. The number of urea groups is 1. The maximum absolute atomic E-state index is 11.0. The summed E-state index contributed by atoms with van der Waals surface area (Å²) in [5.41, 5.74) is 1.19. The van der Waals surface area contributed by atoms with Gasteiger partial charge in [-0.15, -0.1) is 0 Å². The van der Waals surface area contributed by atoms with E-state index in [2.05, 4.69) is 5.32 Å². The van der Waals surface area contributed by atoms with E-state index in [1.54, 1.807) is 19.0 Å². The van der Waals surface area contributed by atoms with Gasteiger partial charge in [-0.3, -0.25) is 0 Å². The van der Waals surface area contributed by atoms with Gasteiger partial charge in [0, 0.05) is 20.6 Å². The topological polar surface area (TPSA) is 32.3 Å². The molecule has 0 rings (SSSR count). The molecule has 3 heteroatoms. The number of nitrogens with zero attached hydrogens (tertiary/aromatic N) is 1. The molecule has 0 aliphatic carbocycles. The molecule has 0 aliphatic rings. The molecule has 0 fully saturated rings. The van der Waals surface area contributed by atoms with E-state index in [0.717, 1.165) is 0 Å². The lowest BCUT2D eigenvalue weighted by Gasteiger charge is -2.16. The second-order valence-corrected chi connectivity index (χ2v) is 2.55. The third-order valence-corrected chi connectivity index (χ3v) is 1.54. The van der Waals surface area contributed by atoms with Crippen molar-refractivity contribution in [2.45, 2.75) is 13.8 Å². The highest BCUT2D eigenvalue weighted by molar-refractivity contribution is 5.73. The first-order valence-corrected chi connectivity index (χ1v) is 3.66. The van der Waals surface area contributed by atoms with Gasteiger partial charge < -0.3 is 10.2 Å². The van der Waals surface area contributed by atoms with Crippen LogP contribution in [0.3, 0.4) is 0 Å². The van der Waals surface area contributed by atoms with Gasteiger partial charge in [0.2, 0.25) is 0 Å². The first-order chi connectivity index (χ1) is 5.11. The highest BCUT2D eigenvalue weighted by Gasteiger charge is 2.04. The van der Waals surface area contributed by atoms with E-state index in [1.807, 2.05) is 19.9 Å². The van der Waals surface area contributed by atoms with Crippen molar-refractivity contribution < 1.29 is 4.79 Å². The smallest absolute Gasteiger partial charge is 0.317 e. The van der Waals surface area contributed by atoms with Gasteiger partial charge in [-0.25, -0.2) is 4.79 Å². The van der Waals surface area contributed by atoms with E-state index < -0.39 is 0 Å². The Labute approximate surface area is 68.1 Å². The Morgan fingerprint density at radius 3 is 2.55 bits per heavy atom. The molecule has 0 spiro atoms. The van der Waals surface area contributed by atoms with Crippen molar-refractivity contribution in [2.75, 3.05) is 20.6 Å². The fraction of sp³-hybridized carbons (Fsp3) is 0.625. The van der Waals surface area contributed by atoms with Crippen molar-refractivity contribution in [1.29, 1.82) is 0 Å². The monoisotopic (exact) mass is 156 g/mol. The molecule has 0 unspecified atom stereocenters. The average Bonchev–Trinajstić information content (AvgIpc) is 2.02. The van der Waals surface area contributed by atoms with Crippen LogP contribution in [0, 0.1) is 0 Å². The second kappa shape index (κ2) is 4.77. The molecule has 2 amide bonds. The average molecular weight is 156 g/mol. The predicted octanol–water partition coefficient (Wildman–Crippen LogP) is 1.22. The van der Waals surface area contributed by atoms with Crippen molar-refractivity contribution in [2.24, 2.45) is 0 Å². The summed E-state index contributed by atoms with van der Waals surface area (Å²) in [6.45, 7) is 4.66. The molecule has 0 aromatic carbocycles. The largest absolute Gasteiger partial charge is 0.341 e. The summed E-state index contributed by atoms with van der Waals surface area (Å²) in [6.07, 6.45) is 2.00. The molecule has 0 aliphatic heterocycles. The third kappa shape index (κ3) is 3.65. The Balaban J connectivity index is 3.87. The maximum atomic E-state index is 11.0. The summed E-state index contributed by atoms with van der Waals surface area (Å²) < 4.78 is 0. The highest BCUT2D eigenvalue weighted by atomic mass is 16.2. The minimum absolute atomic E-state index is 0.0498. The molecule has 11 heavy (non-hydrogen) atoms. The summed E-state index contributed by atoms with van der Waals surface area (Å²) in [7, 11) is 3.40. The lowest BCUT2D eigenvalue weighted by Crippen LogP contribution is -2.35. The fourth-order valence-corrected chi connectivity index (χ4v) is 0.728. The number of carbonyl (C=O) groups is 1. The van der Waals surface area contributed by atoms with Gasteiger partial charge in [-0.1, -0.05) is 11.6 Å². The zero-order valence-electron chi connectivity index (χ0n) is 7.64. The van der Waals surface area contributed by atoms with Crippen LogP contribution in [0.2, 0.25) is 0 Å². The number of likely N-dealkylation sites (N-methyl/N-ethyl adjacent to an activating group) is 1. The third-order valence-electron chi connectivity index (χ3n) is 1.54. The predicted molar refractivity (Wildman–Crippen MR) is 46.5 cm³/mol. The van der Waals surface area contributed by atoms with Gasteiger partial charge in [0.05, 0.1) is 0 Å². The first-order valence-electron chi connectivity index (χ1n) is 3.66. The summed E-state index contributed by atoms with van der Waals surface area (Å²) in [5.74, 6) is 0. The fourth-order valence-electron chi connectivity index (χ4n) is 0.728. The lowest BCUT2D eigenvalue weighted by molar-refractivity contribution is 0.214. The van der Waals surface area contributed by atoms with Crippen molar-refractivity contribution in [3.05, 3.63) is 11.6 Å². The summed E-state index contributed by atoms with van der Waals surface area (Å²) in [6, 6.07) is -0.0498. The SMILES string of the molecule is C/C=C(/C)CN(C)C(=O)NC. The van der Waals surface area contributed by atoms with Gasteiger partial charge in [0.25, 0.3) is 0 Å². The normalized spacial score (nSPS) is 11.1. The Bertz CT molecular complexity index is 163. The van der Waals surface area contributed by atoms with E-state index in [1.165, 1.54) is 5.57 Å². The Morgan fingerprint density at radius 1 is 1.64 bits per heavy atom. The number of nitrogens with one attached hydrogen (secondary N) is 1. The maximum Gasteiger partial charge on any atom is 0.317 e. The Morgan fingerprint density at radius 2 is 2.18 bits per heavy atom. The molecule has 0 saturated heterocycles. The van der Waals surface area contributed by atoms with Crippen molar-refractivity contribution in [1.82, 2.24) is 10.2 Å². The summed E-state index contributed by atoms with van der Waals surface area (Å²) in [5, 5.41) is 2.55. The molecule has 64 valence electrons. The summed E-state index contributed by atoms with van der Waals surface area (Å²) >= 11 is 0. The van der Waals surface area contributed by atoms with Crippen LogP contribution >= 0.6 is 0 Å². The Kier molecular flexibility index (Phi) is 4.34. The van der Waals surface area contributed by atoms with E-state index in [4.69, 9.17) is 0 Å². The van der Waals surface area contributed by atoms with Crippen molar-refractivity contribution >= 4 is 6.03 Å². The molecule has 1 N–H and O–H groups in total. The highest BCUT2D eigenvalue weighted by Crippen LogP contribution is 1.94. The number of hydrogen-bond acceptors (Lipinski definition) is 1. The zero-order chi connectivity index (χ0) is 8.85. The van der Waals surface area contributed by atoms with Crippen LogP contribution in [0.15, 0.2) is 11.6 Å². The van der Waals surface area contributed by atoms with Gasteiger partial charge in [-0.2, -0.15) is 0 Å². The summed E-state index contributed by atoms with van der Waals surface area (Å²) in [4.78, 5) is 12.6. The number of carbonyl (C=O) groups excluding carboxylic acids is 1. The van der Waals surface area contributed by atoms with E-state index >= 15 is 0 Å². The van der Waals surface area contributed by atoms with Gasteiger partial charge in [0.15, 0.2) is 0 Å². The minimum atomic E-state index is -0.0498. The number of hydrogen-bond donors (Lipinski definition) is 1. The number of allylic oxidation sites excluding steroid dienone is 1. The molecule has 0 heterocycles. The second-order valence-electron chi connectivity index (χ2n) is 2.55. The van der Waals surface area contributed by atoms with Crippen LogP contribution in [0.1, 0.15) is 13.8 Å². The molecule has 0 aromatic rings. The van der Waals surface area contributed by atoms with Crippen LogP contribution in [0.4, 0.5) is 4.79 Å². The number of amides is 2. The van der Waals surface area contributed by atoms with Crippen LogP contribution in [0.5, 0.6) is 0 Å². The van der Waals surface area contributed by atoms with Crippen LogP contribution in [0.25, 0.3) is 0 Å². The first kappa shape index (κ1) is 10.0. The molecule has 3 nitrogen and oxygen atoms in total. The molecular weight excluding hydrogens is 140 g/mol. The molecule has 0 atom stereocenters. The minimum Gasteiger partial charge on any atom is -0.341 e. The van der Waals surface area contributed by atoms with Gasteiger partial charge in [-0.05, 0) is 13.8 Å². The molecule has 0 saturated carbocycles. The molecule has 0 radical (unpaired) electrons. The van der Waals surface area contributed by atoms with Crippen LogP contribution < -0.4 is 5.32 Å². The van der Waals surface area contributed by atoms with Crippen LogP contribution in [-0.4, -0.2) is 31.6 Å². The lowest BCUT2D eigenvalue weighted by atomic mass is 10.3. The van der Waals surface area contributed by atoms with Gasteiger partial charge >= 0.3 is 6.03 Å². The van der Waals surface area contributed by atoms with Gasteiger partial charge in [0.1, 0.15) is 0 Å². The molecular formula is C8H16N2O. The zero-order valence-corrected chi connectivity index (χ0v) is 7.64.